The van der Waals surface area contributed by atoms with Crippen LogP contribution in [0.5, 0.6) is 0 Å². The fourth-order valence-corrected chi connectivity index (χ4v) is 3.02. The van der Waals surface area contributed by atoms with Crippen LogP contribution < -0.4 is 11.1 Å². The molecule has 35 heavy (non-hydrogen) atoms. The summed E-state index contributed by atoms with van der Waals surface area (Å²) in [5, 5.41) is 24.9. The molecule has 1 unspecified atom stereocenters. The molecule has 0 aliphatic rings. The molecule has 0 spiro atoms. The molecule has 0 aliphatic carbocycles. The molecular formula is C26H33N7O2. The minimum Gasteiger partial charge on any atom is -0.374 e. The molecule has 0 bridgehead atoms. The Hall–Kier alpha value is -3.87. The summed E-state index contributed by atoms with van der Waals surface area (Å²) < 4.78 is 5.83. The summed E-state index contributed by atoms with van der Waals surface area (Å²) in [7, 11) is 0. The van der Waals surface area contributed by atoms with Gasteiger partial charge in [0.1, 0.15) is 12.1 Å². The molecule has 3 aromatic rings. The van der Waals surface area contributed by atoms with E-state index in [1.165, 1.54) is 4.80 Å². The van der Waals surface area contributed by atoms with Crippen LogP contribution in [0.25, 0.3) is 6.08 Å². The zero-order chi connectivity index (χ0) is 24.4. The van der Waals surface area contributed by atoms with Crippen LogP contribution in [0.2, 0.25) is 0 Å². The lowest BCUT2D eigenvalue weighted by atomic mass is 10.1. The zero-order valence-corrected chi connectivity index (χ0v) is 19.3. The number of amides is 1. The second kappa shape index (κ2) is 13.1. The Morgan fingerprint density at radius 2 is 1.86 bits per heavy atom. The van der Waals surface area contributed by atoms with Crippen LogP contribution >= 0.6 is 0 Å². The number of rotatable bonds is 11. The van der Waals surface area contributed by atoms with E-state index in [0.717, 1.165) is 11.1 Å². The summed E-state index contributed by atoms with van der Waals surface area (Å²) in [6.07, 6.45) is 3.92. The van der Waals surface area contributed by atoms with E-state index in [4.69, 9.17) is 10.5 Å². The van der Waals surface area contributed by atoms with Crippen LogP contribution in [0.1, 0.15) is 56.7 Å². The van der Waals surface area contributed by atoms with Crippen molar-refractivity contribution >= 4 is 12.0 Å². The summed E-state index contributed by atoms with van der Waals surface area (Å²) >= 11 is 0. The van der Waals surface area contributed by atoms with Gasteiger partial charge in [-0.3, -0.25) is 4.79 Å². The van der Waals surface area contributed by atoms with Gasteiger partial charge in [0.25, 0.3) is 0 Å². The van der Waals surface area contributed by atoms with Crippen molar-refractivity contribution in [3.05, 3.63) is 83.7 Å². The first kappa shape index (κ1) is 27.4. The number of nitrogens with one attached hydrogen (secondary N) is 1. The number of allylic oxidation sites excluding steroid dienone is 1. The number of hydrogen-bond acceptors (Lipinski definition) is 7. The first-order valence-corrected chi connectivity index (χ1v) is 11.0. The Morgan fingerprint density at radius 1 is 1.20 bits per heavy atom. The molecule has 0 radical (unpaired) electrons. The van der Waals surface area contributed by atoms with E-state index in [0.29, 0.717) is 6.61 Å². The van der Waals surface area contributed by atoms with Gasteiger partial charge in [-0.05, 0) is 30.2 Å². The highest BCUT2D eigenvalue weighted by atomic mass is 16.5. The smallest absolute Gasteiger partial charge is 0.240 e. The maximum Gasteiger partial charge on any atom is 0.240 e. The van der Waals surface area contributed by atoms with Gasteiger partial charge in [0.2, 0.25) is 5.91 Å². The maximum atomic E-state index is 12.6. The number of hydrogen-bond donors (Lipinski definition) is 2. The third-order valence-electron chi connectivity index (χ3n) is 4.95. The molecule has 0 saturated heterocycles. The van der Waals surface area contributed by atoms with E-state index in [-0.39, 0.29) is 32.2 Å². The van der Waals surface area contributed by atoms with E-state index in [1.54, 1.807) is 13.8 Å². The lowest BCUT2D eigenvalue weighted by Gasteiger charge is -2.22. The van der Waals surface area contributed by atoms with Crippen molar-refractivity contribution in [3.63, 3.8) is 0 Å². The average molecular weight is 476 g/mol. The van der Waals surface area contributed by atoms with Gasteiger partial charge in [0.05, 0.1) is 31.2 Å². The number of nitrogens with two attached hydrogens (primary N) is 1. The van der Waals surface area contributed by atoms with E-state index in [2.05, 4.69) is 26.8 Å². The van der Waals surface area contributed by atoms with Crippen molar-refractivity contribution in [1.29, 1.82) is 5.26 Å². The standard InChI is InChI=1S/C25H29N7O2.CH4/c1-25(2,27)24(33)28-22(18-34-17-20-11-7-4-8-12-20)23-29-31-32(30-23)21(15-16-26)14-13-19-9-5-3-6-10-19;/h3-14,21-22H,15,17-18,27H2,1-2H3,(H,28,33);1H4/b14-13+;/t21?,22-;/m1./s1. The zero-order valence-electron chi connectivity index (χ0n) is 19.3. The molecule has 1 aromatic heterocycles. The number of nitrogens with zero attached hydrogens (tertiary/aromatic N) is 5. The Kier molecular flexibility index (Phi) is 10.3. The molecule has 1 amide bonds. The van der Waals surface area contributed by atoms with Crippen molar-refractivity contribution in [2.24, 2.45) is 5.73 Å². The van der Waals surface area contributed by atoms with Gasteiger partial charge >= 0.3 is 0 Å². The topological polar surface area (TPSA) is 132 Å². The Labute approximate surface area is 206 Å². The molecule has 184 valence electrons. The Balaban J connectivity index is 0.00000432. The second-order valence-electron chi connectivity index (χ2n) is 8.42. The van der Waals surface area contributed by atoms with Gasteiger partial charge in [0.15, 0.2) is 5.82 Å². The largest absolute Gasteiger partial charge is 0.374 e. The monoisotopic (exact) mass is 475 g/mol. The van der Waals surface area contributed by atoms with Gasteiger partial charge in [0, 0.05) is 0 Å². The molecular weight excluding hydrogens is 442 g/mol. The third kappa shape index (κ3) is 8.45. The summed E-state index contributed by atoms with van der Waals surface area (Å²) in [6, 6.07) is 20.5. The summed E-state index contributed by atoms with van der Waals surface area (Å²) in [4.78, 5) is 13.9. The normalized spacial score (nSPS) is 13.0. The van der Waals surface area contributed by atoms with Gasteiger partial charge in [-0.1, -0.05) is 80.2 Å². The molecule has 3 rings (SSSR count). The number of nitriles is 1. The highest BCUT2D eigenvalue weighted by molar-refractivity contribution is 5.85. The number of benzene rings is 2. The SMILES string of the molecule is C.CC(C)(N)C(=O)N[C@H](COCc1ccccc1)c1nnn(C(/C=C/c2ccccc2)CC#N)n1. The van der Waals surface area contributed by atoms with E-state index in [9.17, 15) is 10.1 Å². The summed E-state index contributed by atoms with van der Waals surface area (Å²) in [5.74, 6) is -0.0866. The number of carbonyl (C=O) groups is 1. The quantitative estimate of drug-likeness (QED) is 0.433. The fourth-order valence-electron chi connectivity index (χ4n) is 3.02. The van der Waals surface area contributed by atoms with E-state index in [1.807, 2.05) is 72.8 Å². The number of aromatic nitrogens is 4. The number of ether oxygens (including phenoxy) is 1. The Bertz CT molecular complexity index is 1120. The van der Waals surface area contributed by atoms with Gasteiger partial charge in [-0.25, -0.2) is 0 Å². The molecule has 3 N–H and O–H groups in total. The third-order valence-corrected chi connectivity index (χ3v) is 4.95. The van der Waals surface area contributed by atoms with Crippen molar-refractivity contribution in [3.8, 4) is 6.07 Å². The molecule has 0 aliphatic heterocycles. The predicted octanol–water partition coefficient (Wildman–Crippen LogP) is 3.59. The molecule has 1 heterocycles. The van der Waals surface area contributed by atoms with Gasteiger partial charge in [-0.15, -0.1) is 10.2 Å². The summed E-state index contributed by atoms with van der Waals surface area (Å²) in [6.45, 7) is 3.73. The van der Waals surface area contributed by atoms with E-state index >= 15 is 0 Å². The van der Waals surface area contributed by atoms with Crippen molar-refractivity contribution in [1.82, 2.24) is 25.5 Å². The van der Waals surface area contributed by atoms with Crippen LogP contribution in [0.3, 0.4) is 0 Å². The first-order chi connectivity index (χ1) is 16.4. The van der Waals surface area contributed by atoms with Crippen LogP contribution in [0, 0.1) is 11.3 Å². The first-order valence-electron chi connectivity index (χ1n) is 11.0. The molecule has 2 aromatic carbocycles. The predicted molar refractivity (Wildman–Crippen MR) is 135 cm³/mol. The molecule has 2 atom stereocenters. The molecule has 9 nitrogen and oxygen atoms in total. The fraction of sp³-hybridized carbons (Fsp3) is 0.346. The van der Waals surface area contributed by atoms with Gasteiger partial charge < -0.3 is 15.8 Å². The minimum absolute atomic E-state index is 0. The van der Waals surface area contributed by atoms with Crippen LogP contribution in [0.15, 0.2) is 66.7 Å². The van der Waals surface area contributed by atoms with Gasteiger partial charge in [-0.2, -0.15) is 10.1 Å². The molecule has 0 fully saturated rings. The van der Waals surface area contributed by atoms with Crippen LogP contribution in [-0.4, -0.2) is 38.3 Å². The second-order valence-corrected chi connectivity index (χ2v) is 8.42. The highest BCUT2D eigenvalue weighted by Crippen LogP contribution is 2.16. The van der Waals surface area contributed by atoms with Crippen LogP contribution in [-0.2, 0) is 16.1 Å². The van der Waals surface area contributed by atoms with E-state index < -0.39 is 17.6 Å². The Morgan fingerprint density at radius 3 is 2.49 bits per heavy atom. The lowest BCUT2D eigenvalue weighted by molar-refractivity contribution is -0.126. The maximum absolute atomic E-state index is 12.6. The highest BCUT2D eigenvalue weighted by Gasteiger charge is 2.28. The molecule has 9 heteroatoms. The lowest BCUT2D eigenvalue weighted by Crippen LogP contribution is -2.50. The minimum atomic E-state index is -1.09. The average Bonchev–Trinajstić information content (AvgIpc) is 3.32. The van der Waals surface area contributed by atoms with Crippen molar-refractivity contribution in [2.75, 3.05) is 6.61 Å². The number of tetrazole rings is 1. The van der Waals surface area contributed by atoms with Crippen LogP contribution in [0.4, 0.5) is 0 Å². The van der Waals surface area contributed by atoms with Crippen molar-refractivity contribution < 1.29 is 9.53 Å². The molecule has 0 saturated carbocycles. The van der Waals surface area contributed by atoms with Crippen molar-refractivity contribution in [2.45, 2.75) is 51.9 Å². The summed E-state index contributed by atoms with van der Waals surface area (Å²) in [5.41, 5.74) is 6.86. The number of carbonyl (C=O) groups excluding carboxylic acids is 1.